The molecule has 29 heavy (non-hydrogen) atoms. The Hall–Kier alpha value is -3.11. The summed E-state index contributed by atoms with van der Waals surface area (Å²) in [4.78, 5) is 14.9. The quantitative estimate of drug-likeness (QED) is 0.613. The van der Waals surface area contributed by atoms with Crippen molar-refractivity contribution in [3.8, 4) is 16.9 Å². The molecule has 0 N–H and O–H groups in total. The molecule has 0 atom stereocenters. The van der Waals surface area contributed by atoms with Crippen molar-refractivity contribution in [2.24, 2.45) is 0 Å². The minimum atomic E-state index is 0.542. The molecule has 3 aromatic carbocycles. The molecule has 1 aliphatic rings. The van der Waals surface area contributed by atoms with E-state index in [2.05, 4.69) is 59.5 Å². The molecule has 0 aromatic heterocycles. The fraction of sp³-hybridized carbons (Fsp3) is 0.240. The molecule has 1 amide bonds. The predicted octanol–water partition coefficient (Wildman–Crippen LogP) is 4.12. The summed E-state index contributed by atoms with van der Waals surface area (Å²) in [6.45, 7) is 4.52. The number of benzene rings is 3. The lowest BCUT2D eigenvalue weighted by molar-refractivity contribution is 0.169. The van der Waals surface area contributed by atoms with Gasteiger partial charge in [0.25, 0.3) is 0 Å². The second-order valence-corrected chi connectivity index (χ2v) is 7.32. The number of rotatable bonds is 7. The minimum absolute atomic E-state index is 0.542. The molecular weight excluding hydrogens is 360 g/mol. The molecule has 0 saturated carbocycles. The highest BCUT2D eigenvalue weighted by Gasteiger charge is 2.18. The van der Waals surface area contributed by atoms with Crippen molar-refractivity contribution in [2.45, 2.75) is 13.2 Å². The predicted molar refractivity (Wildman–Crippen MR) is 115 cm³/mol. The number of piperazine rings is 1. The van der Waals surface area contributed by atoms with Gasteiger partial charge in [0.05, 0.1) is 0 Å². The van der Waals surface area contributed by atoms with Crippen LogP contribution in [0.15, 0.2) is 78.9 Å². The van der Waals surface area contributed by atoms with E-state index < -0.39 is 0 Å². The first-order valence-corrected chi connectivity index (χ1v) is 10.0. The number of carbonyl (C=O) groups excluding carboxylic acids is 1. The molecule has 4 rings (SSSR count). The van der Waals surface area contributed by atoms with Crippen LogP contribution in [0.2, 0.25) is 0 Å². The average Bonchev–Trinajstić information content (AvgIpc) is 2.80. The van der Waals surface area contributed by atoms with Crippen LogP contribution in [0.1, 0.15) is 11.1 Å². The Labute approximate surface area is 172 Å². The molecule has 1 aliphatic heterocycles. The summed E-state index contributed by atoms with van der Waals surface area (Å²) >= 11 is 0. The van der Waals surface area contributed by atoms with Crippen LogP contribution in [-0.4, -0.2) is 42.4 Å². The van der Waals surface area contributed by atoms with Gasteiger partial charge in [-0.3, -0.25) is 9.69 Å². The molecule has 4 heteroatoms. The highest BCUT2D eigenvalue weighted by molar-refractivity contribution is 5.66. The second-order valence-electron chi connectivity index (χ2n) is 7.32. The molecule has 0 bridgehead atoms. The highest BCUT2D eigenvalue weighted by atomic mass is 16.5. The van der Waals surface area contributed by atoms with Gasteiger partial charge < -0.3 is 9.64 Å². The maximum Gasteiger partial charge on any atom is 0.312 e. The van der Waals surface area contributed by atoms with Crippen LogP contribution in [-0.2, 0) is 17.9 Å². The van der Waals surface area contributed by atoms with E-state index in [1.54, 1.807) is 4.90 Å². The molecule has 3 aromatic rings. The zero-order chi connectivity index (χ0) is 19.9. The van der Waals surface area contributed by atoms with Gasteiger partial charge in [0, 0.05) is 38.3 Å². The molecule has 1 saturated heterocycles. The van der Waals surface area contributed by atoms with E-state index in [9.17, 15) is 4.79 Å². The van der Waals surface area contributed by atoms with Gasteiger partial charge in [-0.05, 0) is 22.8 Å². The van der Waals surface area contributed by atoms with Gasteiger partial charge in [0.2, 0.25) is 0 Å². The van der Waals surface area contributed by atoms with Crippen molar-refractivity contribution in [3.63, 3.8) is 0 Å². The van der Waals surface area contributed by atoms with Gasteiger partial charge in [0.1, 0.15) is 12.4 Å². The minimum Gasteiger partial charge on any atom is -0.489 e. The first-order valence-electron chi connectivity index (χ1n) is 10.0. The molecule has 147 valence electrons. The first-order chi connectivity index (χ1) is 14.3. The van der Waals surface area contributed by atoms with Gasteiger partial charge >= 0.3 is 6.41 Å². The van der Waals surface area contributed by atoms with E-state index in [0.717, 1.165) is 49.6 Å². The molecule has 1 radical (unpaired) electrons. The van der Waals surface area contributed by atoms with Crippen LogP contribution < -0.4 is 4.74 Å². The number of hydrogen-bond acceptors (Lipinski definition) is 3. The lowest BCUT2D eigenvalue weighted by Crippen LogP contribution is -2.45. The van der Waals surface area contributed by atoms with Crippen molar-refractivity contribution in [1.29, 1.82) is 0 Å². The molecule has 1 heterocycles. The fourth-order valence-electron chi connectivity index (χ4n) is 3.60. The van der Waals surface area contributed by atoms with Crippen molar-refractivity contribution in [1.82, 2.24) is 9.80 Å². The van der Waals surface area contributed by atoms with Gasteiger partial charge in [-0.1, -0.05) is 72.8 Å². The summed E-state index contributed by atoms with van der Waals surface area (Å²) in [5.41, 5.74) is 4.65. The van der Waals surface area contributed by atoms with Crippen molar-refractivity contribution >= 4 is 6.41 Å². The average molecular weight is 385 g/mol. The SMILES string of the molecule is O=[C]N1CCN(Cc2ccc(-c3ccccc3)cc2OCc2ccccc2)CC1. The van der Waals surface area contributed by atoms with Crippen LogP contribution in [0.5, 0.6) is 5.75 Å². The van der Waals surface area contributed by atoms with Gasteiger partial charge in [-0.25, -0.2) is 0 Å². The Morgan fingerprint density at radius 1 is 0.793 bits per heavy atom. The number of amides is 1. The van der Waals surface area contributed by atoms with Crippen molar-refractivity contribution < 1.29 is 9.53 Å². The zero-order valence-electron chi connectivity index (χ0n) is 16.5. The Bertz CT molecular complexity index is 920. The third kappa shape index (κ3) is 5.04. The topological polar surface area (TPSA) is 32.8 Å². The summed E-state index contributed by atoms with van der Waals surface area (Å²) < 4.78 is 6.27. The van der Waals surface area contributed by atoms with Gasteiger partial charge in [-0.2, -0.15) is 0 Å². The smallest absolute Gasteiger partial charge is 0.312 e. The molecule has 0 unspecified atom stereocenters. The van der Waals surface area contributed by atoms with Crippen LogP contribution in [0.3, 0.4) is 0 Å². The number of hydrogen-bond donors (Lipinski definition) is 0. The first kappa shape index (κ1) is 19.2. The van der Waals surface area contributed by atoms with Crippen molar-refractivity contribution in [2.75, 3.05) is 26.2 Å². The van der Waals surface area contributed by atoms with Gasteiger partial charge in [0.15, 0.2) is 0 Å². The van der Waals surface area contributed by atoms with Gasteiger partial charge in [-0.15, -0.1) is 0 Å². The summed E-state index contributed by atoms with van der Waals surface area (Å²) in [5.74, 6) is 0.916. The number of nitrogens with zero attached hydrogens (tertiary/aromatic N) is 2. The van der Waals surface area contributed by atoms with Crippen LogP contribution in [0, 0.1) is 0 Å². The number of ether oxygens (including phenoxy) is 1. The van der Waals surface area contributed by atoms with E-state index in [1.807, 2.05) is 30.7 Å². The van der Waals surface area contributed by atoms with E-state index in [0.29, 0.717) is 6.61 Å². The van der Waals surface area contributed by atoms with Crippen LogP contribution in [0.4, 0.5) is 0 Å². The van der Waals surface area contributed by atoms with E-state index in [-0.39, 0.29) is 0 Å². The van der Waals surface area contributed by atoms with E-state index in [4.69, 9.17) is 4.74 Å². The maximum absolute atomic E-state index is 10.8. The Kier molecular flexibility index (Phi) is 6.22. The Balaban J connectivity index is 1.54. The molecule has 0 aliphatic carbocycles. The summed E-state index contributed by atoms with van der Waals surface area (Å²) in [7, 11) is 0. The third-order valence-corrected chi connectivity index (χ3v) is 5.31. The molecule has 4 nitrogen and oxygen atoms in total. The second kappa shape index (κ2) is 9.39. The van der Waals surface area contributed by atoms with Crippen molar-refractivity contribution in [3.05, 3.63) is 90.0 Å². The Morgan fingerprint density at radius 3 is 2.17 bits per heavy atom. The largest absolute Gasteiger partial charge is 0.489 e. The molecule has 1 fully saturated rings. The molecule has 0 spiro atoms. The van der Waals surface area contributed by atoms with Crippen LogP contribution >= 0.6 is 0 Å². The van der Waals surface area contributed by atoms with E-state index >= 15 is 0 Å². The zero-order valence-corrected chi connectivity index (χ0v) is 16.5. The lowest BCUT2D eigenvalue weighted by atomic mass is 10.0. The fourth-order valence-corrected chi connectivity index (χ4v) is 3.60. The lowest BCUT2D eigenvalue weighted by Gasteiger charge is -2.32. The standard InChI is InChI=1S/C25H25N2O2/c28-20-27-15-13-26(14-16-27)18-24-12-11-23(22-9-5-2-6-10-22)17-25(24)29-19-21-7-3-1-4-8-21/h1-12,17H,13-16,18-19H2. The summed E-state index contributed by atoms with van der Waals surface area (Å²) in [6, 6.07) is 27.1. The van der Waals surface area contributed by atoms with Crippen LogP contribution in [0.25, 0.3) is 11.1 Å². The Morgan fingerprint density at radius 2 is 1.48 bits per heavy atom. The monoisotopic (exact) mass is 385 g/mol. The highest BCUT2D eigenvalue weighted by Crippen LogP contribution is 2.29. The maximum atomic E-state index is 10.8. The van der Waals surface area contributed by atoms with E-state index in [1.165, 1.54) is 11.1 Å². The molecular formula is C25H25N2O2. The third-order valence-electron chi connectivity index (χ3n) is 5.31. The normalized spacial score (nSPS) is 14.6. The summed E-state index contributed by atoms with van der Waals surface area (Å²) in [5, 5.41) is 0. The summed E-state index contributed by atoms with van der Waals surface area (Å²) in [6.07, 6.45) is 2.00.